The molecule has 2 aromatic heterocycles. The van der Waals surface area contributed by atoms with Gasteiger partial charge in [0.1, 0.15) is 0 Å². The summed E-state index contributed by atoms with van der Waals surface area (Å²) in [4.78, 5) is 4.01. The molecule has 2 N–H and O–H groups in total. The third-order valence-corrected chi connectivity index (χ3v) is 2.67. The van der Waals surface area contributed by atoms with Crippen molar-refractivity contribution in [3.63, 3.8) is 0 Å². The Morgan fingerprint density at radius 1 is 1.21 bits per heavy atom. The number of nitrogens with two attached hydrogens (primary N) is 1. The largest absolute Gasteiger partial charge is 0.693 e. The first-order chi connectivity index (χ1) is 11.1. The van der Waals surface area contributed by atoms with Gasteiger partial charge in [-0.15, -0.1) is 12.1 Å². The molecule has 0 saturated heterocycles. The fourth-order valence-corrected chi connectivity index (χ4v) is 1.66. The van der Waals surface area contributed by atoms with Crippen LogP contribution in [0.3, 0.4) is 0 Å². The Morgan fingerprint density at radius 3 is 2.38 bits per heavy atom. The average molecular weight is 530 g/mol. The topological polar surface area (TPSA) is 64.2 Å². The number of rotatable bonds is 1. The molecule has 0 fully saturated rings. The van der Waals surface area contributed by atoms with Gasteiger partial charge >= 0.3 is 27.5 Å². The number of hydrogen-bond donors (Lipinski definition) is 0. The maximum Gasteiger partial charge on any atom is -0.693 e. The molecule has 3 aromatic rings. The van der Waals surface area contributed by atoms with Crippen LogP contribution in [0.5, 0.6) is 0 Å². The van der Waals surface area contributed by atoms with Crippen LogP contribution in [0.15, 0.2) is 48.9 Å². The van der Waals surface area contributed by atoms with Crippen molar-refractivity contribution < 1.29 is 26.7 Å². The maximum absolute atomic E-state index is 13.4. The van der Waals surface area contributed by atoms with Crippen molar-refractivity contribution in [3.8, 4) is 11.3 Å². The zero-order chi connectivity index (χ0) is 17.2. The molecule has 0 aliphatic carbocycles. The van der Waals surface area contributed by atoms with Crippen LogP contribution in [0, 0.1) is 24.6 Å². The first-order valence-electron chi connectivity index (χ1n) is 6.42. The summed E-state index contributed by atoms with van der Waals surface area (Å²) >= 11 is 1.47. The van der Waals surface area contributed by atoms with Gasteiger partial charge in [-0.05, 0) is 24.8 Å². The Bertz CT molecular complexity index is 724. The third-order valence-electron chi connectivity index (χ3n) is 2.67. The molecule has 0 radical (unpaired) electrons. The third kappa shape index (κ3) is 7.27. The zero-order valence-corrected chi connectivity index (χ0v) is 16.2. The number of benzene rings is 1. The molecule has 0 bridgehead atoms. The minimum Gasteiger partial charge on any atom is -0.693 e. The molecule has 0 aliphatic rings. The Morgan fingerprint density at radius 2 is 1.92 bits per heavy atom. The Labute approximate surface area is 154 Å². The van der Waals surface area contributed by atoms with Crippen molar-refractivity contribution in [1.82, 2.24) is 14.8 Å². The predicted molar refractivity (Wildman–Crippen MR) is 87.5 cm³/mol. The molecule has 0 atom stereocenters. The first-order valence-corrected chi connectivity index (χ1v) is 9.39. The molecule has 0 saturated carbocycles. The molecule has 3 rings (SSSR count). The van der Waals surface area contributed by atoms with Gasteiger partial charge in [0, 0.05) is 37.3 Å². The summed E-state index contributed by atoms with van der Waals surface area (Å²) in [6.45, 7) is 1.88. The van der Waals surface area contributed by atoms with E-state index in [0.29, 0.717) is 5.69 Å². The van der Waals surface area contributed by atoms with Crippen LogP contribution in [-0.2, 0) is 24.9 Å². The van der Waals surface area contributed by atoms with Gasteiger partial charge in [-0.1, -0.05) is 23.3 Å². The first kappa shape index (κ1) is 22.3. The van der Waals surface area contributed by atoms with Crippen molar-refractivity contribution in [2.24, 2.45) is 7.05 Å². The minimum absolute atomic E-state index is 0. The van der Waals surface area contributed by atoms with E-state index in [0.717, 1.165) is 17.7 Å². The van der Waals surface area contributed by atoms with E-state index in [2.05, 4.69) is 25.7 Å². The maximum atomic E-state index is 13.4. The van der Waals surface area contributed by atoms with E-state index in [1.807, 2.05) is 32.3 Å². The van der Waals surface area contributed by atoms with Crippen molar-refractivity contribution in [2.75, 3.05) is 0 Å². The summed E-state index contributed by atoms with van der Waals surface area (Å²) in [5.41, 5.74) is 1.63. The monoisotopic (exact) mass is 530 g/mol. The smallest absolute Gasteiger partial charge is 0.693 e. The summed E-state index contributed by atoms with van der Waals surface area (Å²) in [6, 6.07) is 9.89. The molecule has 24 heavy (non-hydrogen) atoms. The van der Waals surface area contributed by atoms with Crippen molar-refractivity contribution in [2.45, 2.75) is 6.92 Å². The molecule has 0 spiro atoms. The molecule has 2 heterocycles. The summed E-state index contributed by atoms with van der Waals surface area (Å²) in [7, 11) is 6.53. The second-order valence-electron chi connectivity index (χ2n) is 4.44. The number of nitrogens with zero attached hydrogens (tertiary/aromatic N) is 3. The van der Waals surface area contributed by atoms with Gasteiger partial charge in [0.15, 0.2) is 0 Å². The van der Waals surface area contributed by atoms with E-state index in [4.69, 9.17) is 0 Å². The fraction of sp³-hybridized carbons (Fsp3) is 0.125. The number of halogens is 3. The molecule has 1 aromatic carbocycles. The Hall–Kier alpha value is -1.66. The van der Waals surface area contributed by atoms with Crippen LogP contribution in [0.2, 0.25) is 0 Å². The van der Waals surface area contributed by atoms with Crippen molar-refractivity contribution in [1.29, 1.82) is 0 Å². The number of aromatic nitrogens is 3. The van der Waals surface area contributed by atoms with Crippen LogP contribution >= 0.6 is 9.58 Å². The Balaban J connectivity index is 0.000000496. The van der Waals surface area contributed by atoms with E-state index in [9.17, 15) is 8.78 Å². The molecule has 130 valence electrons. The van der Waals surface area contributed by atoms with Gasteiger partial charge in [0.05, 0.1) is 0 Å². The minimum atomic E-state index is -0.645. The SMILES string of the molecule is Cc1ccnc(-c2[c-]cc(F)cc2F)c1.Cn1cccn1.[Cl][Ir+2].[NH2-]. The van der Waals surface area contributed by atoms with E-state index in [1.54, 1.807) is 23.1 Å². The molecular weight excluding hydrogens is 514 g/mol. The van der Waals surface area contributed by atoms with Gasteiger partial charge in [0.2, 0.25) is 0 Å². The standard InChI is InChI=1S/C12H8F2N.C4H6N2.ClH.Ir.H2N/c1-8-4-5-15-12(6-8)10-3-2-9(13)7-11(10)14;1-6-4-2-3-5-6;;;/h2,4-7H,1H3;2-4H,1H3;1H;;1H2/q-1;;;+3;-1/p-1. The number of aryl methyl sites for hydroxylation is 2. The predicted octanol–water partition coefficient (Wildman–Crippen LogP) is 4.96. The Kier molecular flexibility index (Phi) is 11.0. The van der Waals surface area contributed by atoms with E-state index in [-0.39, 0.29) is 11.7 Å². The molecule has 0 unspecified atom stereocenters. The van der Waals surface area contributed by atoms with E-state index >= 15 is 0 Å². The second kappa shape index (κ2) is 11.8. The van der Waals surface area contributed by atoms with Crippen LogP contribution in [0.4, 0.5) is 8.78 Å². The van der Waals surface area contributed by atoms with Crippen LogP contribution in [0.1, 0.15) is 5.56 Å². The van der Waals surface area contributed by atoms with Gasteiger partial charge in [-0.2, -0.15) is 5.10 Å². The van der Waals surface area contributed by atoms with Gasteiger partial charge in [0.25, 0.3) is 0 Å². The fourth-order valence-electron chi connectivity index (χ4n) is 1.66. The van der Waals surface area contributed by atoms with Crippen LogP contribution < -0.4 is 0 Å². The molecule has 0 aliphatic heterocycles. The van der Waals surface area contributed by atoms with E-state index in [1.165, 1.54) is 17.9 Å². The van der Waals surface area contributed by atoms with Gasteiger partial charge in [-0.25, -0.2) is 0 Å². The zero-order valence-electron chi connectivity index (χ0n) is 13.0. The quantitative estimate of drug-likeness (QED) is 0.418. The number of hydrogen-bond acceptors (Lipinski definition) is 2. The van der Waals surface area contributed by atoms with Crippen LogP contribution in [-0.4, -0.2) is 14.8 Å². The van der Waals surface area contributed by atoms with Crippen molar-refractivity contribution >= 4 is 9.58 Å². The molecule has 8 heteroatoms. The second-order valence-corrected chi connectivity index (χ2v) is 4.44. The summed E-state index contributed by atoms with van der Waals surface area (Å²) < 4.78 is 27.8. The summed E-state index contributed by atoms with van der Waals surface area (Å²) in [5, 5.41) is 3.83. The number of pyridine rings is 1. The molecule has 4 nitrogen and oxygen atoms in total. The van der Waals surface area contributed by atoms with Crippen molar-refractivity contribution in [3.05, 3.63) is 78.3 Å². The van der Waals surface area contributed by atoms with Gasteiger partial charge < -0.3 is 11.1 Å². The van der Waals surface area contributed by atoms with E-state index < -0.39 is 11.6 Å². The van der Waals surface area contributed by atoms with Crippen LogP contribution in [0.25, 0.3) is 17.4 Å². The molecule has 0 amide bonds. The average Bonchev–Trinajstić information content (AvgIpc) is 3.01. The summed E-state index contributed by atoms with van der Waals surface area (Å²) in [5.74, 6) is -1.28. The molecular formula is C16H16ClF2IrN4. The normalized spacial score (nSPS) is 8.92. The van der Waals surface area contributed by atoms with Gasteiger partial charge in [-0.3, -0.25) is 13.5 Å². The summed E-state index contributed by atoms with van der Waals surface area (Å²) in [6.07, 6.45) is 5.22.